The molecule has 1 unspecified atom stereocenters. The number of carbonyl (C=O) groups excluding carboxylic acids is 1. The predicted octanol–water partition coefficient (Wildman–Crippen LogP) is 2.96. The fourth-order valence-electron chi connectivity index (χ4n) is 1.89. The lowest BCUT2D eigenvalue weighted by atomic mass is 10.1. The molecule has 0 aliphatic carbocycles. The van der Waals surface area contributed by atoms with E-state index in [9.17, 15) is 15.0 Å². The summed E-state index contributed by atoms with van der Waals surface area (Å²) in [5, 5.41) is 22.7. The highest BCUT2D eigenvalue weighted by Crippen LogP contribution is 2.27. The maximum absolute atomic E-state index is 12.2. The summed E-state index contributed by atoms with van der Waals surface area (Å²) in [4.78, 5) is 12.2. The van der Waals surface area contributed by atoms with Gasteiger partial charge in [0, 0.05) is 5.33 Å². The lowest BCUT2D eigenvalue weighted by molar-refractivity contribution is 0.0935. The molecule has 2 aromatic carbocycles. The first-order valence-corrected chi connectivity index (χ1v) is 7.18. The van der Waals surface area contributed by atoms with Gasteiger partial charge in [0.2, 0.25) is 0 Å². The Labute approximate surface area is 125 Å². The monoisotopic (exact) mass is 335 g/mol. The Kier molecular flexibility index (Phi) is 4.63. The van der Waals surface area contributed by atoms with Gasteiger partial charge in [0.05, 0.1) is 6.04 Å². The van der Waals surface area contributed by atoms with Crippen molar-refractivity contribution in [2.24, 2.45) is 0 Å². The summed E-state index contributed by atoms with van der Waals surface area (Å²) in [6.07, 6.45) is 0. The Morgan fingerprint density at radius 1 is 1.05 bits per heavy atom. The maximum atomic E-state index is 12.2. The standard InChI is InChI=1S/C15H14BrNO3/c16-9-11(10-5-2-1-3-6-10)17-15(20)14-12(18)7-4-8-13(14)19/h1-8,11,18-19H,9H2,(H,17,20). The lowest BCUT2D eigenvalue weighted by Gasteiger charge is -2.17. The Hall–Kier alpha value is -2.01. The molecule has 0 aliphatic heterocycles. The number of carbonyl (C=O) groups is 1. The molecular weight excluding hydrogens is 322 g/mol. The van der Waals surface area contributed by atoms with Crippen molar-refractivity contribution in [3.8, 4) is 11.5 Å². The van der Waals surface area contributed by atoms with Gasteiger partial charge in [-0.2, -0.15) is 0 Å². The number of aromatic hydroxyl groups is 2. The van der Waals surface area contributed by atoms with E-state index in [0.717, 1.165) is 5.56 Å². The molecule has 0 spiro atoms. The molecule has 0 bridgehead atoms. The number of alkyl halides is 1. The molecular formula is C15H14BrNO3. The summed E-state index contributed by atoms with van der Waals surface area (Å²) in [6.45, 7) is 0. The van der Waals surface area contributed by atoms with Crippen molar-refractivity contribution in [1.29, 1.82) is 0 Å². The second-order valence-electron chi connectivity index (χ2n) is 4.26. The van der Waals surface area contributed by atoms with Crippen LogP contribution in [0.5, 0.6) is 11.5 Å². The van der Waals surface area contributed by atoms with Gasteiger partial charge in [-0.25, -0.2) is 0 Å². The van der Waals surface area contributed by atoms with Crippen LogP contribution in [0.1, 0.15) is 22.0 Å². The molecule has 0 aromatic heterocycles. The lowest BCUT2D eigenvalue weighted by Crippen LogP contribution is -2.29. The van der Waals surface area contributed by atoms with Crippen LogP contribution in [0.2, 0.25) is 0 Å². The normalized spacial score (nSPS) is 11.8. The molecule has 0 heterocycles. The number of hydrogen-bond donors (Lipinski definition) is 3. The topological polar surface area (TPSA) is 69.6 Å². The number of amides is 1. The molecule has 0 saturated heterocycles. The Morgan fingerprint density at radius 3 is 2.20 bits per heavy atom. The van der Waals surface area contributed by atoms with Crippen LogP contribution in [0.15, 0.2) is 48.5 Å². The van der Waals surface area contributed by atoms with E-state index in [2.05, 4.69) is 21.2 Å². The van der Waals surface area contributed by atoms with E-state index >= 15 is 0 Å². The summed E-state index contributed by atoms with van der Waals surface area (Å²) in [7, 11) is 0. The number of halogens is 1. The molecule has 0 fully saturated rings. The summed E-state index contributed by atoms with van der Waals surface area (Å²) in [5.41, 5.74) is 0.821. The summed E-state index contributed by atoms with van der Waals surface area (Å²) >= 11 is 3.35. The zero-order valence-electron chi connectivity index (χ0n) is 10.6. The van der Waals surface area contributed by atoms with E-state index in [-0.39, 0.29) is 23.1 Å². The molecule has 2 aromatic rings. The Balaban J connectivity index is 2.22. The molecule has 0 saturated carbocycles. The molecule has 5 heteroatoms. The van der Waals surface area contributed by atoms with Gasteiger partial charge in [0.15, 0.2) is 0 Å². The zero-order valence-corrected chi connectivity index (χ0v) is 12.2. The van der Waals surface area contributed by atoms with E-state index in [0.29, 0.717) is 5.33 Å². The van der Waals surface area contributed by atoms with Gasteiger partial charge in [0.25, 0.3) is 5.91 Å². The van der Waals surface area contributed by atoms with Crippen molar-refractivity contribution in [3.05, 3.63) is 59.7 Å². The molecule has 20 heavy (non-hydrogen) atoms. The van der Waals surface area contributed by atoms with E-state index < -0.39 is 5.91 Å². The highest BCUT2D eigenvalue weighted by Gasteiger charge is 2.19. The average Bonchev–Trinajstić information content (AvgIpc) is 2.45. The third kappa shape index (κ3) is 3.11. The van der Waals surface area contributed by atoms with Gasteiger partial charge < -0.3 is 15.5 Å². The van der Waals surface area contributed by atoms with Crippen LogP contribution in [0.3, 0.4) is 0 Å². The summed E-state index contributed by atoms with van der Waals surface area (Å²) in [5.74, 6) is -1.01. The smallest absolute Gasteiger partial charge is 0.259 e. The van der Waals surface area contributed by atoms with Crippen molar-refractivity contribution in [3.63, 3.8) is 0 Å². The molecule has 0 radical (unpaired) electrons. The van der Waals surface area contributed by atoms with Crippen molar-refractivity contribution < 1.29 is 15.0 Å². The van der Waals surface area contributed by atoms with Gasteiger partial charge in [-0.15, -0.1) is 0 Å². The van der Waals surface area contributed by atoms with Crippen molar-refractivity contribution in [2.75, 3.05) is 5.33 Å². The van der Waals surface area contributed by atoms with E-state index in [1.54, 1.807) is 0 Å². The largest absolute Gasteiger partial charge is 0.507 e. The molecule has 1 amide bonds. The van der Waals surface area contributed by atoms with Crippen LogP contribution in [0.25, 0.3) is 0 Å². The van der Waals surface area contributed by atoms with Crippen LogP contribution < -0.4 is 5.32 Å². The summed E-state index contributed by atoms with van der Waals surface area (Å²) in [6, 6.07) is 13.4. The molecule has 2 rings (SSSR count). The van der Waals surface area contributed by atoms with E-state index in [1.165, 1.54) is 18.2 Å². The minimum Gasteiger partial charge on any atom is -0.507 e. The fraction of sp³-hybridized carbons (Fsp3) is 0.133. The quantitative estimate of drug-likeness (QED) is 0.752. The van der Waals surface area contributed by atoms with Crippen LogP contribution in [-0.2, 0) is 0 Å². The fourth-order valence-corrected chi connectivity index (χ4v) is 2.42. The number of rotatable bonds is 4. The minimum absolute atomic E-state index is 0.116. The molecule has 1 atom stereocenters. The van der Waals surface area contributed by atoms with E-state index in [1.807, 2.05) is 30.3 Å². The highest BCUT2D eigenvalue weighted by molar-refractivity contribution is 9.09. The second-order valence-corrected chi connectivity index (χ2v) is 4.91. The summed E-state index contributed by atoms with van der Waals surface area (Å²) < 4.78 is 0. The SMILES string of the molecule is O=C(NC(CBr)c1ccccc1)c1c(O)cccc1O. The number of phenols is 2. The molecule has 3 N–H and O–H groups in total. The van der Waals surface area contributed by atoms with Crippen molar-refractivity contribution >= 4 is 21.8 Å². The third-order valence-corrected chi connectivity index (χ3v) is 3.56. The molecule has 0 aliphatic rings. The van der Waals surface area contributed by atoms with Gasteiger partial charge in [-0.1, -0.05) is 52.3 Å². The first kappa shape index (κ1) is 14.4. The van der Waals surface area contributed by atoms with Crippen molar-refractivity contribution in [2.45, 2.75) is 6.04 Å². The predicted molar refractivity (Wildman–Crippen MR) is 80.2 cm³/mol. The number of nitrogens with one attached hydrogen (secondary N) is 1. The van der Waals surface area contributed by atoms with Gasteiger partial charge in [-0.3, -0.25) is 4.79 Å². The number of benzene rings is 2. The van der Waals surface area contributed by atoms with Crippen molar-refractivity contribution in [1.82, 2.24) is 5.32 Å². The van der Waals surface area contributed by atoms with Crippen LogP contribution in [0, 0.1) is 0 Å². The highest BCUT2D eigenvalue weighted by atomic mass is 79.9. The molecule has 104 valence electrons. The number of hydrogen-bond acceptors (Lipinski definition) is 3. The first-order valence-electron chi connectivity index (χ1n) is 6.06. The van der Waals surface area contributed by atoms with Gasteiger partial charge in [-0.05, 0) is 17.7 Å². The first-order chi connectivity index (χ1) is 9.63. The third-order valence-electron chi connectivity index (χ3n) is 2.91. The van der Waals surface area contributed by atoms with Gasteiger partial charge >= 0.3 is 0 Å². The average molecular weight is 336 g/mol. The minimum atomic E-state index is -0.520. The number of phenolic OH excluding ortho intramolecular Hbond substituents is 2. The van der Waals surface area contributed by atoms with Gasteiger partial charge in [0.1, 0.15) is 17.1 Å². The van der Waals surface area contributed by atoms with Crippen LogP contribution >= 0.6 is 15.9 Å². The zero-order chi connectivity index (χ0) is 14.5. The van der Waals surface area contributed by atoms with Crippen LogP contribution in [-0.4, -0.2) is 21.5 Å². The second kappa shape index (κ2) is 6.43. The maximum Gasteiger partial charge on any atom is 0.259 e. The Morgan fingerprint density at radius 2 is 1.65 bits per heavy atom. The molecule has 4 nitrogen and oxygen atoms in total. The van der Waals surface area contributed by atoms with Crippen LogP contribution in [0.4, 0.5) is 0 Å². The Bertz CT molecular complexity index is 581. The van der Waals surface area contributed by atoms with E-state index in [4.69, 9.17) is 0 Å².